The summed E-state index contributed by atoms with van der Waals surface area (Å²) in [5, 5.41) is 19.3. The molecule has 2 rings (SSSR count). The molecule has 5 heteroatoms. The van der Waals surface area contributed by atoms with Crippen molar-refractivity contribution in [2.45, 2.75) is 25.0 Å². The lowest BCUT2D eigenvalue weighted by molar-refractivity contribution is 0.0952. The molecule has 1 saturated carbocycles. The maximum Gasteiger partial charge on any atom is 0.103 e. The SMILES string of the molecule is NC(=S)c1ccc(C(O)CN(CCO)C2CC2)cc1. The molecule has 0 bridgehead atoms. The number of nitrogens with zero attached hydrogens (tertiary/aromatic N) is 1. The number of hydrogen-bond acceptors (Lipinski definition) is 4. The Morgan fingerprint density at radius 3 is 2.47 bits per heavy atom. The van der Waals surface area contributed by atoms with Gasteiger partial charge in [0.25, 0.3) is 0 Å². The molecule has 0 aromatic heterocycles. The van der Waals surface area contributed by atoms with Gasteiger partial charge in [0, 0.05) is 24.7 Å². The fourth-order valence-corrected chi connectivity index (χ4v) is 2.32. The summed E-state index contributed by atoms with van der Waals surface area (Å²) in [6.07, 6.45) is 1.77. The molecule has 1 fully saturated rings. The van der Waals surface area contributed by atoms with Crippen LogP contribution in [0.2, 0.25) is 0 Å². The van der Waals surface area contributed by atoms with Crippen LogP contribution in [0.5, 0.6) is 0 Å². The Bertz CT molecular complexity index is 432. The molecule has 1 aromatic rings. The van der Waals surface area contributed by atoms with Gasteiger partial charge in [-0.3, -0.25) is 4.90 Å². The lowest BCUT2D eigenvalue weighted by Gasteiger charge is -2.24. The lowest BCUT2D eigenvalue weighted by atomic mass is 10.1. The van der Waals surface area contributed by atoms with Gasteiger partial charge in [-0.15, -0.1) is 0 Å². The summed E-state index contributed by atoms with van der Waals surface area (Å²) in [4.78, 5) is 2.51. The summed E-state index contributed by atoms with van der Waals surface area (Å²) in [6.45, 7) is 1.30. The van der Waals surface area contributed by atoms with Gasteiger partial charge in [0.05, 0.1) is 12.7 Å². The van der Waals surface area contributed by atoms with E-state index in [1.807, 2.05) is 24.3 Å². The van der Waals surface area contributed by atoms with Crippen LogP contribution in [-0.2, 0) is 0 Å². The van der Waals surface area contributed by atoms with E-state index in [2.05, 4.69) is 4.90 Å². The standard InChI is InChI=1S/C14H20N2O2S/c15-14(19)11-3-1-10(2-4-11)13(18)9-16(7-8-17)12-5-6-12/h1-4,12-13,17-18H,5-9H2,(H2,15,19). The molecule has 1 unspecified atom stereocenters. The van der Waals surface area contributed by atoms with E-state index < -0.39 is 6.10 Å². The van der Waals surface area contributed by atoms with Gasteiger partial charge in [-0.25, -0.2) is 0 Å². The lowest BCUT2D eigenvalue weighted by Crippen LogP contribution is -2.33. The van der Waals surface area contributed by atoms with Crippen LogP contribution < -0.4 is 5.73 Å². The molecule has 4 nitrogen and oxygen atoms in total. The molecule has 19 heavy (non-hydrogen) atoms. The third-order valence-corrected chi connectivity index (χ3v) is 3.67. The van der Waals surface area contributed by atoms with E-state index in [0.29, 0.717) is 24.1 Å². The first kappa shape index (κ1) is 14.4. The molecule has 0 amide bonds. The summed E-state index contributed by atoms with van der Waals surface area (Å²) < 4.78 is 0. The van der Waals surface area contributed by atoms with Crippen molar-refractivity contribution in [2.24, 2.45) is 5.73 Å². The van der Waals surface area contributed by atoms with Crippen molar-refractivity contribution < 1.29 is 10.2 Å². The van der Waals surface area contributed by atoms with Gasteiger partial charge in [0.15, 0.2) is 0 Å². The average molecular weight is 280 g/mol. The Kier molecular flexibility index (Phi) is 4.87. The molecule has 0 spiro atoms. The molecule has 1 aliphatic rings. The highest BCUT2D eigenvalue weighted by Crippen LogP contribution is 2.28. The molecule has 1 aromatic carbocycles. The molecule has 1 aliphatic carbocycles. The first-order chi connectivity index (χ1) is 9.11. The van der Waals surface area contributed by atoms with Gasteiger partial charge in [-0.05, 0) is 18.4 Å². The fourth-order valence-electron chi connectivity index (χ4n) is 2.19. The van der Waals surface area contributed by atoms with Crippen LogP contribution in [0.3, 0.4) is 0 Å². The van der Waals surface area contributed by atoms with Crippen molar-refractivity contribution >= 4 is 17.2 Å². The average Bonchev–Trinajstić information content (AvgIpc) is 3.22. The van der Waals surface area contributed by atoms with E-state index in [1.165, 1.54) is 0 Å². The molecule has 4 N–H and O–H groups in total. The van der Waals surface area contributed by atoms with Crippen molar-refractivity contribution in [3.63, 3.8) is 0 Å². The summed E-state index contributed by atoms with van der Waals surface area (Å²) in [7, 11) is 0. The normalized spacial score (nSPS) is 16.6. The summed E-state index contributed by atoms with van der Waals surface area (Å²) >= 11 is 4.90. The summed E-state index contributed by atoms with van der Waals surface area (Å²) in [6, 6.07) is 7.88. The zero-order chi connectivity index (χ0) is 13.8. The summed E-state index contributed by atoms with van der Waals surface area (Å²) in [5.41, 5.74) is 7.20. The second kappa shape index (κ2) is 6.43. The fraction of sp³-hybridized carbons (Fsp3) is 0.500. The van der Waals surface area contributed by atoms with Gasteiger partial charge in [0.1, 0.15) is 4.99 Å². The van der Waals surface area contributed by atoms with Crippen molar-refractivity contribution in [3.8, 4) is 0 Å². The van der Waals surface area contributed by atoms with Gasteiger partial charge < -0.3 is 15.9 Å². The van der Waals surface area contributed by atoms with Gasteiger partial charge >= 0.3 is 0 Å². The molecule has 1 atom stereocenters. The Morgan fingerprint density at radius 1 is 1.37 bits per heavy atom. The molecule has 0 saturated heterocycles. The molecular weight excluding hydrogens is 260 g/mol. The van der Waals surface area contributed by atoms with Crippen LogP contribution in [0, 0.1) is 0 Å². The molecular formula is C14H20N2O2S. The van der Waals surface area contributed by atoms with E-state index in [0.717, 1.165) is 24.0 Å². The van der Waals surface area contributed by atoms with Crippen molar-refractivity contribution in [1.82, 2.24) is 4.90 Å². The van der Waals surface area contributed by atoms with E-state index in [1.54, 1.807) is 0 Å². The minimum absolute atomic E-state index is 0.129. The van der Waals surface area contributed by atoms with Crippen LogP contribution in [0.25, 0.3) is 0 Å². The summed E-state index contributed by atoms with van der Waals surface area (Å²) in [5.74, 6) is 0. The van der Waals surface area contributed by atoms with Crippen LogP contribution in [0.15, 0.2) is 24.3 Å². The predicted octanol–water partition coefficient (Wildman–Crippen LogP) is 0.811. The number of benzene rings is 1. The monoisotopic (exact) mass is 280 g/mol. The smallest absolute Gasteiger partial charge is 0.103 e. The van der Waals surface area contributed by atoms with Crippen molar-refractivity contribution in [3.05, 3.63) is 35.4 Å². The zero-order valence-corrected chi connectivity index (χ0v) is 11.6. The van der Waals surface area contributed by atoms with Gasteiger partial charge in [0.2, 0.25) is 0 Å². The zero-order valence-electron chi connectivity index (χ0n) is 10.8. The highest BCUT2D eigenvalue weighted by atomic mass is 32.1. The largest absolute Gasteiger partial charge is 0.395 e. The minimum atomic E-state index is -0.549. The number of hydrogen-bond donors (Lipinski definition) is 3. The third kappa shape index (κ3) is 3.98. The van der Waals surface area contributed by atoms with E-state index in [4.69, 9.17) is 23.1 Å². The number of rotatable bonds is 7. The highest BCUT2D eigenvalue weighted by molar-refractivity contribution is 7.80. The minimum Gasteiger partial charge on any atom is -0.395 e. The van der Waals surface area contributed by atoms with Crippen LogP contribution in [-0.4, -0.2) is 45.8 Å². The van der Waals surface area contributed by atoms with Gasteiger partial charge in [-0.1, -0.05) is 36.5 Å². The maximum absolute atomic E-state index is 10.2. The van der Waals surface area contributed by atoms with E-state index >= 15 is 0 Å². The third-order valence-electron chi connectivity index (χ3n) is 3.44. The number of nitrogens with two attached hydrogens (primary N) is 1. The first-order valence-corrected chi connectivity index (χ1v) is 6.95. The maximum atomic E-state index is 10.2. The first-order valence-electron chi connectivity index (χ1n) is 6.54. The van der Waals surface area contributed by atoms with Crippen molar-refractivity contribution in [1.29, 1.82) is 0 Å². The number of aliphatic hydroxyl groups is 2. The Morgan fingerprint density at radius 2 is 2.00 bits per heavy atom. The molecule has 0 radical (unpaired) electrons. The van der Waals surface area contributed by atoms with Crippen LogP contribution in [0.1, 0.15) is 30.1 Å². The van der Waals surface area contributed by atoms with Crippen LogP contribution >= 0.6 is 12.2 Å². The predicted molar refractivity (Wildman–Crippen MR) is 79.0 cm³/mol. The second-order valence-electron chi connectivity index (χ2n) is 4.95. The van der Waals surface area contributed by atoms with E-state index in [-0.39, 0.29) is 6.61 Å². The van der Waals surface area contributed by atoms with Crippen LogP contribution in [0.4, 0.5) is 0 Å². The van der Waals surface area contributed by atoms with Crippen molar-refractivity contribution in [2.75, 3.05) is 19.7 Å². The number of thiocarbonyl (C=S) groups is 1. The topological polar surface area (TPSA) is 69.7 Å². The molecule has 104 valence electrons. The Hall–Kier alpha value is -1.01. The second-order valence-corrected chi connectivity index (χ2v) is 5.39. The molecule has 0 heterocycles. The highest BCUT2D eigenvalue weighted by Gasteiger charge is 2.29. The van der Waals surface area contributed by atoms with Gasteiger partial charge in [-0.2, -0.15) is 0 Å². The Balaban J connectivity index is 1.97. The Labute approximate surface area is 118 Å². The quantitative estimate of drug-likeness (QED) is 0.645. The van der Waals surface area contributed by atoms with E-state index in [9.17, 15) is 5.11 Å². The molecule has 0 aliphatic heterocycles. The number of aliphatic hydroxyl groups excluding tert-OH is 2.